The number of rotatable bonds is 4. The van der Waals surface area contributed by atoms with Crippen molar-refractivity contribution in [1.29, 1.82) is 0 Å². The highest BCUT2D eigenvalue weighted by molar-refractivity contribution is 6.33. The van der Waals surface area contributed by atoms with E-state index in [4.69, 9.17) is 11.6 Å². The topological polar surface area (TPSA) is 35.6 Å². The van der Waals surface area contributed by atoms with E-state index in [1.807, 2.05) is 38.1 Å². The van der Waals surface area contributed by atoms with Crippen LogP contribution in [0.25, 0.3) is 0 Å². The normalized spacial score (nSPS) is 15.2. The Kier molecular flexibility index (Phi) is 5.84. The summed E-state index contributed by atoms with van der Waals surface area (Å²) in [5.74, 6) is 0.0475. The number of anilines is 2. The number of amides is 1. The Bertz CT molecular complexity index is 775. The average molecular weight is 372 g/mol. The van der Waals surface area contributed by atoms with Crippen LogP contribution in [0.15, 0.2) is 36.4 Å². The zero-order chi connectivity index (χ0) is 18.7. The quantitative estimate of drug-likeness (QED) is 0.881. The van der Waals surface area contributed by atoms with Crippen LogP contribution in [0.5, 0.6) is 0 Å². The van der Waals surface area contributed by atoms with Gasteiger partial charge in [-0.2, -0.15) is 0 Å². The summed E-state index contributed by atoms with van der Waals surface area (Å²) in [6.07, 6.45) is 0. The van der Waals surface area contributed by atoms with Crippen molar-refractivity contribution in [2.75, 3.05) is 42.9 Å². The number of halogens is 1. The van der Waals surface area contributed by atoms with Crippen LogP contribution in [0, 0.1) is 20.8 Å². The van der Waals surface area contributed by atoms with Gasteiger partial charge in [-0.05, 0) is 44.0 Å². The van der Waals surface area contributed by atoms with Gasteiger partial charge in [-0.25, -0.2) is 0 Å². The highest BCUT2D eigenvalue weighted by Crippen LogP contribution is 2.26. The Hall–Kier alpha value is -2.04. The van der Waals surface area contributed by atoms with Crippen molar-refractivity contribution in [3.8, 4) is 0 Å². The summed E-state index contributed by atoms with van der Waals surface area (Å²) in [6, 6.07) is 12.1. The van der Waals surface area contributed by atoms with Gasteiger partial charge in [-0.15, -0.1) is 0 Å². The fourth-order valence-electron chi connectivity index (χ4n) is 3.61. The molecule has 2 aromatic carbocycles. The monoisotopic (exact) mass is 371 g/mol. The van der Waals surface area contributed by atoms with Gasteiger partial charge in [0.05, 0.1) is 17.3 Å². The number of hydrogen-bond donors (Lipinski definition) is 1. The molecule has 0 spiro atoms. The molecule has 4 nitrogen and oxygen atoms in total. The number of para-hydroxylation sites is 1. The lowest BCUT2D eigenvalue weighted by molar-refractivity contribution is -0.117. The van der Waals surface area contributed by atoms with E-state index in [0.717, 1.165) is 53.7 Å². The minimum absolute atomic E-state index is 0.0475. The van der Waals surface area contributed by atoms with Crippen LogP contribution in [0.2, 0.25) is 5.02 Å². The molecule has 1 heterocycles. The molecule has 1 saturated heterocycles. The third kappa shape index (κ3) is 4.37. The van der Waals surface area contributed by atoms with Crippen molar-refractivity contribution < 1.29 is 4.79 Å². The van der Waals surface area contributed by atoms with E-state index in [9.17, 15) is 4.79 Å². The Morgan fingerprint density at radius 3 is 2.27 bits per heavy atom. The summed E-state index contributed by atoms with van der Waals surface area (Å²) in [4.78, 5) is 17.0. The van der Waals surface area contributed by atoms with E-state index in [0.29, 0.717) is 6.54 Å². The second kappa shape index (κ2) is 8.11. The molecule has 1 N–H and O–H groups in total. The SMILES string of the molecule is Cc1cc(C)c(NC(=O)CN2CCN(c3ccccc3Cl)CC2)c(C)c1. The van der Waals surface area contributed by atoms with Gasteiger partial charge in [0.25, 0.3) is 0 Å². The molecule has 0 bridgehead atoms. The van der Waals surface area contributed by atoms with Crippen LogP contribution in [0.4, 0.5) is 11.4 Å². The molecule has 1 aliphatic heterocycles. The molecule has 0 aliphatic carbocycles. The van der Waals surface area contributed by atoms with Gasteiger partial charge < -0.3 is 10.2 Å². The molecule has 0 saturated carbocycles. The number of benzene rings is 2. The zero-order valence-electron chi connectivity index (χ0n) is 15.7. The first-order chi connectivity index (χ1) is 12.4. The van der Waals surface area contributed by atoms with Gasteiger partial charge in [0.2, 0.25) is 5.91 Å². The van der Waals surface area contributed by atoms with Crippen molar-refractivity contribution in [2.24, 2.45) is 0 Å². The van der Waals surface area contributed by atoms with Gasteiger partial charge in [-0.3, -0.25) is 9.69 Å². The van der Waals surface area contributed by atoms with E-state index in [1.165, 1.54) is 5.56 Å². The fourth-order valence-corrected chi connectivity index (χ4v) is 3.87. The molecule has 0 radical (unpaired) electrons. The van der Waals surface area contributed by atoms with Crippen molar-refractivity contribution in [3.05, 3.63) is 58.1 Å². The summed E-state index contributed by atoms with van der Waals surface area (Å²) in [7, 11) is 0. The molecular formula is C21H26ClN3O. The zero-order valence-corrected chi connectivity index (χ0v) is 16.4. The molecule has 2 aromatic rings. The maximum absolute atomic E-state index is 12.5. The van der Waals surface area contributed by atoms with Crippen LogP contribution >= 0.6 is 11.6 Å². The lowest BCUT2D eigenvalue weighted by Crippen LogP contribution is -2.48. The molecule has 138 valence electrons. The first kappa shape index (κ1) is 18.7. The van der Waals surface area contributed by atoms with E-state index in [1.54, 1.807) is 0 Å². The van der Waals surface area contributed by atoms with E-state index in [2.05, 4.69) is 34.2 Å². The van der Waals surface area contributed by atoms with Gasteiger partial charge in [-0.1, -0.05) is 41.4 Å². The van der Waals surface area contributed by atoms with Crippen LogP contribution in [0.1, 0.15) is 16.7 Å². The molecule has 3 rings (SSSR count). The predicted molar refractivity (Wildman–Crippen MR) is 109 cm³/mol. The lowest BCUT2D eigenvalue weighted by atomic mass is 10.1. The number of piperazine rings is 1. The number of nitrogens with one attached hydrogen (secondary N) is 1. The van der Waals surface area contributed by atoms with Crippen molar-refractivity contribution in [1.82, 2.24) is 4.90 Å². The fraction of sp³-hybridized carbons (Fsp3) is 0.381. The van der Waals surface area contributed by atoms with Crippen molar-refractivity contribution in [3.63, 3.8) is 0 Å². The molecule has 1 fully saturated rings. The molecule has 26 heavy (non-hydrogen) atoms. The van der Waals surface area contributed by atoms with E-state index in [-0.39, 0.29) is 5.91 Å². The van der Waals surface area contributed by atoms with Gasteiger partial charge in [0, 0.05) is 31.9 Å². The van der Waals surface area contributed by atoms with Crippen LogP contribution < -0.4 is 10.2 Å². The van der Waals surface area contributed by atoms with E-state index < -0.39 is 0 Å². The largest absolute Gasteiger partial charge is 0.368 e. The molecule has 0 unspecified atom stereocenters. The molecule has 5 heteroatoms. The predicted octanol–water partition coefficient (Wildman–Crippen LogP) is 4.03. The van der Waals surface area contributed by atoms with Gasteiger partial charge in [0.1, 0.15) is 0 Å². The number of carbonyl (C=O) groups excluding carboxylic acids is 1. The minimum atomic E-state index is 0.0475. The van der Waals surface area contributed by atoms with Crippen molar-refractivity contribution in [2.45, 2.75) is 20.8 Å². The van der Waals surface area contributed by atoms with E-state index >= 15 is 0 Å². The third-order valence-electron chi connectivity index (χ3n) is 4.87. The first-order valence-electron chi connectivity index (χ1n) is 9.03. The second-order valence-corrected chi connectivity index (χ2v) is 7.44. The minimum Gasteiger partial charge on any atom is -0.368 e. The highest BCUT2D eigenvalue weighted by atomic mass is 35.5. The summed E-state index contributed by atoms with van der Waals surface area (Å²) in [6.45, 7) is 10.0. The first-order valence-corrected chi connectivity index (χ1v) is 9.41. The summed E-state index contributed by atoms with van der Waals surface area (Å²) < 4.78 is 0. The number of aryl methyl sites for hydroxylation is 3. The summed E-state index contributed by atoms with van der Waals surface area (Å²) in [5.41, 5.74) is 5.45. The molecule has 0 aromatic heterocycles. The Morgan fingerprint density at radius 1 is 1.04 bits per heavy atom. The number of hydrogen-bond acceptors (Lipinski definition) is 3. The summed E-state index contributed by atoms with van der Waals surface area (Å²) >= 11 is 6.29. The third-order valence-corrected chi connectivity index (χ3v) is 5.19. The molecule has 1 amide bonds. The average Bonchev–Trinajstić information content (AvgIpc) is 2.59. The van der Waals surface area contributed by atoms with Crippen LogP contribution in [-0.2, 0) is 4.79 Å². The van der Waals surface area contributed by atoms with Gasteiger partial charge >= 0.3 is 0 Å². The maximum Gasteiger partial charge on any atom is 0.238 e. The van der Waals surface area contributed by atoms with Crippen molar-refractivity contribution >= 4 is 28.9 Å². The standard InChI is InChI=1S/C21H26ClN3O/c1-15-12-16(2)21(17(3)13-15)23-20(26)14-24-8-10-25(11-9-24)19-7-5-4-6-18(19)22/h4-7,12-13H,8-11,14H2,1-3H3,(H,23,26). The Labute approximate surface area is 160 Å². The Morgan fingerprint density at radius 2 is 1.65 bits per heavy atom. The molecule has 1 aliphatic rings. The Balaban J connectivity index is 1.55. The molecule has 0 atom stereocenters. The van der Waals surface area contributed by atoms with Gasteiger partial charge in [0.15, 0.2) is 0 Å². The smallest absolute Gasteiger partial charge is 0.238 e. The van der Waals surface area contributed by atoms with Crippen LogP contribution in [0.3, 0.4) is 0 Å². The maximum atomic E-state index is 12.5. The highest BCUT2D eigenvalue weighted by Gasteiger charge is 2.20. The summed E-state index contributed by atoms with van der Waals surface area (Å²) in [5, 5.41) is 3.87. The number of nitrogens with zero attached hydrogens (tertiary/aromatic N) is 2. The molecular weight excluding hydrogens is 346 g/mol. The lowest BCUT2D eigenvalue weighted by Gasteiger charge is -2.36. The second-order valence-electron chi connectivity index (χ2n) is 7.04. The van der Waals surface area contributed by atoms with Crippen LogP contribution in [-0.4, -0.2) is 43.5 Å². The number of carbonyl (C=O) groups is 1.